The number of imide groups is 1. The van der Waals surface area contributed by atoms with Crippen LogP contribution in [-0.2, 0) is 21.6 Å². The highest BCUT2D eigenvalue weighted by Crippen LogP contribution is 2.30. The Labute approximate surface area is 151 Å². The molecule has 1 fully saturated rings. The molecule has 2 aromatic carbocycles. The van der Waals surface area contributed by atoms with Crippen LogP contribution < -0.4 is 5.32 Å². The maximum atomic E-state index is 12.9. The largest absolute Gasteiger partial charge is 0.465 e. The second-order valence-electron chi connectivity index (χ2n) is 6.50. The average Bonchev–Trinajstić information content (AvgIpc) is 2.86. The molecular weight excluding hydrogens is 332 g/mol. The van der Waals surface area contributed by atoms with Gasteiger partial charge >= 0.3 is 12.0 Å². The van der Waals surface area contributed by atoms with Crippen molar-refractivity contribution in [1.82, 2.24) is 10.2 Å². The number of carbonyl (C=O) groups is 3. The molecule has 0 unspecified atom stereocenters. The van der Waals surface area contributed by atoms with Crippen molar-refractivity contribution in [2.75, 3.05) is 7.11 Å². The van der Waals surface area contributed by atoms with Crippen molar-refractivity contribution in [3.8, 4) is 0 Å². The van der Waals surface area contributed by atoms with Gasteiger partial charge in [-0.1, -0.05) is 42.0 Å². The summed E-state index contributed by atoms with van der Waals surface area (Å²) in [5.41, 5.74) is 1.89. The molecule has 0 saturated carbocycles. The molecule has 134 valence electrons. The smallest absolute Gasteiger partial charge is 0.337 e. The van der Waals surface area contributed by atoms with Crippen molar-refractivity contribution in [3.05, 3.63) is 70.8 Å². The average molecular weight is 352 g/mol. The lowest BCUT2D eigenvalue weighted by Gasteiger charge is -2.22. The number of aryl methyl sites for hydroxylation is 1. The van der Waals surface area contributed by atoms with Gasteiger partial charge in [0.2, 0.25) is 0 Å². The highest BCUT2D eigenvalue weighted by molar-refractivity contribution is 6.07. The van der Waals surface area contributed by atoms with Gasteiger partial charge in [-0.2, -0.15) is 0 Å². The van der Waals surface area contributed by atoms with Crippen LogP contribution in [0.3, 0.4) is 0 Å². The summed E-state index contributed by atoms with van der Waals surface area (Å²) in [6.45, 7) is 3.80. The monoisotopic (exact) mass is 352 g/mol. The highest BCUT2D eigenvalue weighted by Gasteiger charge is 2.48. The number of nitrogens with one attached hydrogen (secondary N) is 1. The first-order valence-corrected chi connectivity index (χ1v) is 8.23. The quantitative estimate of drug-likeness (QED) is 0.678. The molecule has 1 N–H and O–H groups in total. The van der Waals surface area contributed by atoms with Crippen LogP contribution in [0.15, 0.2) is 48.5 Å². The van der Waals surface area contributed by atoms with Crippen molar-refractivity contribution < 1.29 is 19.1 Å². The van der Waals surface area contributed by atoms with Crippen molar-refractivity contribution in [1.29, 1.82) is 0 Å². The Morgan fingerprint density at radius 3 is 2.27 bits per heavy atom. The number of esters is 1. The van der Waals surface area contributed by atoms with Crippen LogP contribution in [0.4, 0.5) is 4.79 Å². The van der Waals surface area contributed by atoms with E-state index in [0.717, 1.165) is 16.7 Å². The van der Waals surface area contributed by atoms with Crippen LogP contribution in [0.1, 0.15) is 34.0 Å². The summed E-state index contributed by atoms with van der Waals surface area (Å²) in [5.74, 6) is -0.734. The Morgan fingerprint density at radius 1 is 1.08 bits per heavy atom. The lowest BCUT2D eigenvalue weighted by Crippen LogP contribution is -2.40. The molecule has 0 aliphatic carbocycles. The van der Waals surface area contributed by atoms with Gasteiger partial charge < -0.3 is 10.1 Å². The number of ether oxygens (including phenoxy) is 1. The maximum absolute atomic E-state index is 12.9. The second-order valence-corrected chi connectivity index (χ2v) is 6.50. The summed E-state index contributed by atoms with van der Waals surface area (Å²) in [7, 11) is 1.31. The Hall–Kier alpha value is -3.15. The van der Waals surface area contributed by atoms with Gasteiger partial charge in [0.15, 0.2) is 0 Å². The standard InChI is InChI=1S/C20H20N2O4/c1-13-4-10-16(11-5-13)20(2)18(24)22(19(25)21-20)12-14-6-8-15(9-7-14)17(23)26-3/h4-11H,12H2,1-3H3,(H,21,25)/t20-/m1/s1. The summed E-state index contributed by atoms with van der Waals surface area (Å²) < 4.78 is 4.66. The number of carbonyl (C=O) groups excluding carboxylic acids is 3. The van der Waals surface area contributed by atoms with Gasteiger partial charge in [0.1, 0.15) is 5.54 Å². The van der Waals surface area contributed by atoms with Crippen LogP contribution in [-0.4, -0.2) is 29.9 Å². The first-order valence-electron chi connectivity index (χ1n) is 8.23. The number of hydrogen-bond acceptors (Lipinski definition) is 4. The van der Waals surface area contributed by atoms with E-state index in [9.17, 15) is 14.4 Å². The summed E-state index contributed by atoms with van der Waals surface area (Å²) in [6.07, 6.45) is 0. The number of rotatable bonds is 4. The number of hydrogen-bond donors (Lipinski definition) is 1. The maximum Gasteiger partial charge on any atom is 0.337 e. The SMILES string of the molecule is COC(=O)c1ccc(CN2C(=O)N[C@](C)(c3ccc(C)cc3)C2=O)cc1. The van der Waals surface area contributed by atoms with Crippen LogP contribution in [0.25, 0.3) is 0 Å². The molecule has 0 aromatic heterocycles. The normalized spacial score (nSPS) is 19.4. The second kappa shape index (κ2) is 6.63. The third kappa shape index (κ3) is 3.06. The van der Waals surface area contributed by atoms with Gasteiger partial charge in [0.05, 0.1) is 19.2 Å². The van der Waals surface area contributed by atoms with Crippen molar-refractivity contribution in [3.63, 3.8) is 0 Å². The lowest BCUT2D eigenvalue weighted by atomic mass is 9.91. The Morgan fingerprint density at radius 2 is 1.69 bits per heavy atom. The number of nitrogens with zero attached hydrogens (tertiary/aromatic N) is 1. The zero-order chi connectivity index (χ0) is 18.9. The van der Waals surface area contributed by atoms with Gasteiger partial charge in [-0.3, -0.25) is 9.69 Å². The highest BCUT2D eigenvalue weighted by atomic mass is 16.5. The summed E-state index contributed by atoms with van der Waals surface area (Å²) in [6, 6.07) is 13.7. The molecule has 1 heterocycles. The molecular formula is C20H20N2O4. The Balaban J connectivity index is 1.81. The van der Waals surface area contributed by atoms with Gasteiger partial charge in [0, 0.05) is 0 Å². The lowest BCUT2D eigenvalue weighted by molar-refractivity contribution is -0.131. The molecule has 1 saturated heterocycles. The number of methoxy groups -OCH3 is 1. The molecule has 1 aliphatic rings. The summed E-state index contributed by atoms with van der Waals surface area (Å²) in [4.78, 5) is 38.0. The molecule has 3 rings (SSSR count). The topological polar surface area (TPSA) is 75.7 Å². The molecule has 0 radical (unpaired) electrons. The van der Waals surface area contributed by atoms with Crippen molar-refractivity contribution in [2.45, 2.75) is 25.9 Å². The van der Waals surface area contributed by atoms with E-state index in [1.54, 1.807) is 31.2 Å². The number of benzene rings is 2. The third-order valence-corrected chi connectivity index (χ3v) is 4.62. The van der Waals surface area contributed by atoms with E-state index in [1.807, 2.05) is 31.2 Å². The zero-order valence-electron chi connectivity index (χ0n) is 14.9. The molecule has 2 aromatic rings. The van der Waals surface area contributed by atoms with E-state index < -0.39 is 17.5 Å². The van der Waals surface area contributed by atoms with Gasteiger partial charge in [-0.15, -0.1) is 0 Å². The molecule has 0 spiro atoms. The minimum atomic E-state index is -1.09. The Bertz CT molecular complexity index is 858. The number of urea groups is 1. The first kappa shape index (κ1) is 17.7. The zero-order valence-corrected chi connectivity index (χ0v) is 14.9. The van der Waals surface area contributed by atoms with E-state index in [1.165, 1.54) is 12.0 Å². The molecule has 1 atom stereocenters. The first-order chi connectivity index (χ1) is 12.3. The minimum absolute atomic E-state index is 0.133. The van der Waals surface area contributed by atoms with E-state index in [0.29, 0.717) is 5.56 Å². The van der Waals surface area contributed by atoms with Crippen LogP contribution in [0, 0.1) is 6.92 Å². The fraction of sp³-hybridized carbons (Fsp3) is 0.250. The summed E-state index contributed by atoms with van der Waals surface area (Å²) in [5, 5.41) is 2.79. The van der Waals surface area contributed by atoms with Gasteiger partial charge in [0.25, 0.3) is 5.91 Å². The predicted molar refractivity (Wildman–Crippen MR) is 95.4 cm³/mol. The van der Waals surface area contributed by atoms with Crippen LogP contribution in [0.2, 0.25) is 0 Å². The van der Waals surface area contributed by atoms with Gasteiger partial charge in [-0.05, 0) is 37.1 Å². The fourth-order valence-corrected chi connectivity index (χ4v) is 2.97. The van der Waals surface area contributed by atoms with Crippen molar-refractivity contribution in [2.24, 2.45) is 0 Å². The molecule has 1 aliphatic heterocycles. The van der Waals surface area contributed by atoms with Gasteiger partial charge in [-0.25, -0.2) is 9.59 Å². The molecule has 26 heavy (non-hydrogen) atoms. The van der Waals surface area contributed by atoms with Crippen LogP contribution in [0.5, 0.6) is 0 Å². The Kier molecular flexibility index (Phi) is 4.50. The van der Waals surface area contributed by atoms with Crippen molar-refractivity contribution >= 4 is 17.9 Å². The van der Waals surface area contributed by atoms with E-state index >= 15 is 0 Å². The predicted octanol–water partition coefficient (Wildman–Crippen LogP) is 2.75. The molecule has 6 nitrogen and oxygen atoms in total. The molecule has 6 heteroatoms. The minimum Gasteiger partial charge on any atom is -0.465 e. The third-order valence-electron chi connectivity index (χ3n) is 4.62. The summed E-state index contributed by atoms with van der Waals surface area (Å²) >= 11 is 0. The number of amides is 3. The van der Waals surface area contributed by atoms with E-state index in [4.69, 9.17) is 0 Å². The van der Waals surface area contributed by atoms with E-state index in [-0.39, 0.29) is 12.5 Å². The molecule has 0 bridgehead atoms. The van der Waals surface area contributed by atoms with Crippen LogP contribution >= 0.6 is 0 Å². The molecule has 3 amide bonds. The fourth-order valence-electron chi connectivity index (χ4n) is 2.97. The van der Waals surface area contributed by atoms with E-state index in [2.05, 4.69) is 10.1 Å².